The fraction of sp³-hybridized carbons (Fsp3) is 0.667. The predicted molar refractivity (Wildman–Crippen MR) is 68.3 cm³/mol. The summed E-state index contributed by atoms with van der Waals surface area (Å²) in [6.07, 6.45) is 0.0179. The first-order chi connectivity index (χ1) is 8.17. The Morgan fingerprint density at radius 1 is 0.941 bits per heavy atom. The largest absolute Gasteiger partial charge is 0.484 e. The van der Waals surface area contributed by atoms with Crippen molar-refractivity contribution in [3.63, 3.8) is 0 Å². The van der Waals surface area contributed by atoms with E-state index in [0.717, 1.165) is 11.5 Å². The summed E-state index contributed by atoms with van der Waals surface area (Å²) in [5.74, 6) is 1.53. The van der Waals surface area contributed by atoms with Crippen LogP contribution in [0.2, 0.25) is 0 Å². The molecule has 0 aliphatic rings. The highest BCUT2D eigenvalue weighted by molar-refractivity contribution is 7.08. The maximum absolute atomic E-state index is 5.72. The second kappa shape index (κ2) is 7.53. The molecule has 4 nitrogen and oxygen atoms in total. The van der Waals surface area contributed by atoms with Crippen LogP contribution in [-0.4, -0.2) is 39.6 Å². The zero-order valence-electron chi connectivity index (χ0n) is 10.8. The maximum atomic E-state index is 5.72. The Morgan fingerprint density at radius 3 is 1.71 bits per heavy atom. The molecule has 0 radical (unpaired) electrons. The lowest BCUT2D eigenvalue weighted by molar-refractivity contribution is 0.0754. The van der Waals surface area contributed by atoms with E-state index in [-0.39, 0.29) is 12.2 Å². The van der Waals surface area contributed by atoms with Gasteiger partial charge >= 0.3 is 0 Å². The van der Waals surface area contributed by atoms with Crippen molar-refractivity contribution in [1.82, 2.24) is 0 Å². The molecule has 0 aliphatic heterocycles. The summed E-state index contributed by atoms with van der Waals surface area (Å²) in [6.45, 7) is 5.04. The summed E-state index contributed by atoms with van der Waals surface area (Å²) < 4.78 is 21.5. The molecule has 0 aliphatic carbocycles. The van der Waals surface area contributed by atoms with Crippen LogP contribution in [0.25, 0.3) is 0 Å². The first-order valence-corrected chi connectivity index (χ1v) is 6.49. The molecule has 2 unspecified atom stereocenters. The summed E-state index contributed by atoms with van der Waals surface area (Å²) in [4.78, 5) is 0. The maximum Gasteiger partial charge on any atom is 0.172 e. The molecule has 2 atom stereocenters. The highest BCUT2D eigenvalue weighted by Gasteiger charge is 2.13. The van der Waals surface area contributed by atoms with E-state index in [4.69, 9.17) is 18.9 Å². The topological polar surface area (TPSA) is 36.9 Å². The van der Waals surface area contributed by atoms with Crippen LogP contribution in [0.5, 0.6) is 11.5 Å². The van der Waals surface area contributed by atoms with Crippen LogP contribution in [0.3, 0.4) is 0 Å². The average Bonchev–Trinajstić information content (AvgIpc) is 2.66. The van der Waals surface area contributed by atoms with E-state index in [1.54, 1.807) is 25.6 Å². The summed E-state index contributed by atoms with van der Waals surface area (Å²) in [6, 6.07) is 0. The van der Waals surface area contributed by atoms with Gasteiger partial charge in [0, 0.05) is 25.0 Å². The van der Waals surface area contributed by atoms with Crippen LogP contribution in [-0.2, 0) is 9.47 Å². The highest BCUT2D eigenvalue weighted by atomic mass is 32.1. The summed E-state index contributed by atoms with van der Waals surface area (Å²) in [5, 5.41) is 3.86. The van der Waals surface area contributed by atoms with E-state index in [9.17, 15) is 0 Å². The molecule has 0 fully saturated rings. The molecule has 0 aromatic carbocycles. The van der Waals surface area contributed by atoms with Crippen molar-refractivity contribution in [3.8, 4) is 11.5 Å². The fourth-order valence-electron chi connectivity index (χ4n) is 1.42. The first-order valence-electron chi connectivity index (χ1n) is 5.54. The van der Waals surface area contributed by atoms with E-state index in [2.05, 4.69) is 0 Å². The van der Waals surface area contributed by atoms with E-state index >= 15 is 0 Å². The lowest BCUT2D eigenvalue weighted by Crippen LogP contribution is -2.20. The van der Waals surface area contributed by atoms with E-state index in [0.29, 0.717) is 13.2 Å². The van der Waals surface area contributed by atoms with Gasteiger partial charge in [0.1, 0.15) is 12.2 Å². The molecule has 17 heavy (non-hydrogen) atoms. The molecule has 0 amide bonds. The van der Waals surface area contributed by atoms with Crippen molar-refractivity contribution in [2.75, 3.05) is 27.4 Å². The first kappa shape index (κ1) is 14.3. The summed E-state index contributed by atoms with van der Waals surface area (Å²) >= 11 is 1.55. The quantitative estimate of drug-likeness (QED) is 0.720. The number of thiophene rings is 1. The van der Waals surface area contributed by atoms with Gasteiger partial charge in [-0.1, -0.05) is 0 Å². The third-order valence-electron chi connectivity index (χ3n) is 2.05. The second-order valence-electron chi connectivity index (χ2n) is 3.87. The molecule has 0 bridgehead atoms. The number of hydrogen-bond donors (Lipinski definition) is 0. The number of ether oxygens (including phenoxy) is 4. The molecule has 1 rings (SSSR count). The fourth-order valence-corrected chi connectivity index (χ4v) is 2.08. The van der Waals surface area contributed by atoms with Crippen LogP contribution in [0.1, 0.15) is 13.8 Å². The number of hydrogen-bond acceptors (Lipinski definition) is 5. The van der Waals surface area contributed by atoms with Crippen molar-refractivity contribution in [2.24, 2.45) is 0 Å². The SMILES string of the molecule is COCC(C)Oc1cscc1OC(C)COC. The number of rotatable bonds is 8. The van der Waals surface area contributed by atoms with E-state index in [1.165, 1.54) is 0 Å². The van der Waals surface area contributed by atoms with Gasteiger partial charge in [-0.05, 0) is 13.8 Å². The second-order valence-corrected chi connectivity index (χ2v) is 4.61. The molecular weight excluding hydrogens is 240 g/mol. The van der Waals surface area contributed by atoms with Gasteiger partial charge < -0.3 is 18.9 Å². The molecule has 1 aromatic rings. The molecule has 0 spiro atoms. The van der Waals surface area contributed by atoms with Crippen LogP contribution in [0.4, 0.5) is 0 Å². The third-order valence-corrected chi connectivity index (χ3v) is 2.75. The van der Waals surface area contributed by atoms with Gasteiger partial charge in [0.15, 0.2) is 11.5 Å². The van der Waals surface area contributed by atoms with Crippen molar-refractivity contribution in [1.29, 1.82) is 0 Å². The van der Waals surface area contributed by atoms with Gasteiger partial charge in [-0.3, -0.25) is 0 Å². The molecule has 5 heteroatoms. The standard InChI is InChI=1S/C12H20O4S/c1-9(5-13-3)15-11-7-17-8-12(11)16-10(2)6-14-4/h7-10H,5-6H2,1-4H3. The zero-order valence-corrected chi connectivity index (χ0v) is 11.6. The third kappa shape index (κ3) is 4.93. The van der Waals surface area contributed by atoms with Gasteiger partial charge in [-0.15, -0.1) is 11.3 Å². The smallest absolute Gasteiger partial charge is 0.172 e. The van der Waals surface area contributed by atoms with Crippen LogP contribution >= 0.6 is 11.3 Å². The minimum atomic E-state index is 0.00896. The summed E-state index contributed by atoms with van der Waals surface area (Å²) in [5.41, 5.74) is 0. The zero-order chi connectivity index (χ0) is 12.7. The molecule has 1 aromatic heterocycles. The van der Waals surface area contributed by atoms with Gasteiger partial charge in [0.05, 0.1) is 13.2 Å². The Bertz CT molecular complexity index is 285. The predicted octanol–water partition coefficient (Wildman–Crippen LogP) is 2.58. The van der Waals surface area contributed by atoms with Crippen molar-refractivity contribution >= 4 is 11.3 Å². The van der Waals surface area contributed by atoms with E-state index < -0.39 is 0 Å². The van der Waals surface area contributed by atoms with Crippen LogP contribution < -0.4 is 9.47 Å². The molecule has 1 heterocycles. The Morgan fingerprint density at radius 2 is 1.35 bits per heavy atom. The van der Waals surface area contributed by atoms with Gasteiger partial charge in [-0.25, -0.2) is 0 Å². The highest BCUT2D eigenvalue weighted by Crippen LogP contribution is 2.33. The lowest BCUT2D eigenvalue weighted by Gasteiger charge is -2.17. The van der Waals surface area contributed by atoms with Crippen molar-refractivity contribution in [3.05, 3.63) is 10.8 Å². The molecule has 0 saturated carbocycles. The number of methoxy groups -OCH3 is 2. The lowest BCUT2D eigenvalue weighted by atomic mass is 10.4. The molecule has 0 saturated heterocycles. The van der Waals surface area contributed by atoms with Gasteiger partial charge in [0.25, 0.3) is 0 Å². The Hall–Kier alpha value is -0.780. The molecule has 0 N–H and O–H groups in total. The molecule has 98 valence electrons. The van der Waals surface area contributed by atoms with Crippen molar-refractivity contribution in [2.45, 2.75) is 26.1 Å². The molecular formula is C12H20O4S. The van der Waals surface area contributed by atoms with Gasteiger partial charge in [0.2, 0.25) is 0 Å². The minimum Gasteiger partial charge on any atom is -0.484 e. The average molecular weight is 260 g/mol. The van der Waals surface area contributed by atoms with Gasteiger partial charge in [-0.2, -0.15) is 0 Å². The summed E-state index contributed by atoms with van der Waals surface area (Å²) in [7, 11) is 3.32. The Kier molecular flexibility index (Phi) is 6.32. The van der Waals surface area contributed by atoms with E-state index in [1.807, 2.05) is 24.6 Å². The Labute approximate surface area is 106 Å². The Balaban J connectivity index is 2.53. The van der Waals surface area contributed by atoms with Crippen molar-refractivity contribution < 1.29 is 18.9 Å². The normalized spacial score (nSPS) is 14.4. The van der Waals surface area contributed by atoms with Crippen LogP contribution in [0, 0.1) is 0 Å². The monoisotopic (exact) mass is 260 g/mol. The minimum absolute atomic E-state index is 0.00896. The van der Waals surface area contributed by atoms with Crippen LogP contribution in [0.15, 0.2) is 10.8 Å².